The highest BCUT2D eigenvalue weighted by atomic mass is 79.9. The minimum absolute atomic E-state index is 0.00151. The summed E-state index contributed by atoms with van der Waals surface area (Å²) in [5, 5.41) is 22.3. The fraction of sp³-hybridized carbons (Fsp3) is 0.278. The molecule has 0 atom stereocenters. The first-order chi connectivity index (χ1) is 13.3. The molecule has 10 heteroatoms. The lowest BCUT2D eigenvalue weighted by Crippen LogP contribution is -2.16. The molecule has 3 aromatic rings. The van der Waals surface area contributed by atoms with Crippen molar-refractivity contribution in [1.29, 1.82) is 0 Å². The highest BCUT2D eigenvalue weighted by Gasteiger charge is 2.21. The molecule has 0 bridgehead atoms. The van der Waals surface area contributed by atoms with Crippen molar-refractivity contribution in [2.45, 2.75) is 33.4 Å². The van der Waals surface area contributed by atoms with Crippen LogP contribution >= 0.6 is 15.9 Å². The Kier molecular flexibility index (Phi) is 5.88. The van der Waals surface area contributed by atoms with E-state index in [1.54, 1.807) is 24.7 Å². The highest BCUT2D eigenvalue weighted by Crippen LogP contribution is 2.22. The van der Waals surface area contributed by atoms with Crippen LogP contribution < -0.4 is 5.32 Å². The van der Waals surface area contributed by atoms with E-state index < -0.39 is 4.92 Å². The van der Waals surface area contributed by atoms with E-state index in [9.17, 15) is 14.9 Å². The van der Waals surface area contributed by atoms with Crippen molar-refractivity contribution >= 4 is 33.2 Å². The molecule has 0 saturated carbocycles. The molecule has 1 N–H and O–H groups in total. The van der Waals surface area contributed by atoms with Crippen LogP contribution in [0.25, 0.3) is 0 Å². The largest absolute Gasteiger partial charge is 0.326 e. The Bertz CT molecular complexity index is 1030. The van der Waals surface area contributed by atoms with E-state index in [0.717, 1.165) is 10.0 Å². The molecule has 0 radical (unpaired) electrons. The van der Waals surface area contributed by atoms with Gasteiger partial charge in [-0.25, -0.2) is 0 Å². The maximum Gasteiger partial charge on any atom is 0.312 e. The Hall–Kier alpha value is -3.01. The molecular weight excluding hydrogens is 428 g/mol. The quantitative estimate of drug-likeness (QED) is 0.441. The molecule has 1 amide bonds. The standard InChI is InChI=1S/C18H19BrN6O3/c1-12-18(25(27)28)13(2)24(22-12)7-6-17(26)21-16-5-3-4-14(8-16)10-23-11-15(19)9-20-23/h3-5,8-9,11H,6-7,10H2,1-2H3,(H,21,26). The van der Waals surface area contributed by atoms with Gasteiger partial charge >= 0.3 is 5.69 Å². The zero-order valence-electron chi connectivity index (χ0n) is 15.4. The van der Waals surface area contributed by atoms with Crippen LogP contribution in [0.2, 0.25) is 0 Å². The van der Waals surface area contributed by atoms with Crippen LogP contribution in [0.15, 0.2) is 41.1 Å². The average molecular weight is 447 g/mol. The van der Waals surface area contributed by atoms with Gasteiger partial charge in [-0.05, 0) is 47.5 Å². The zero-order chi connectivity index (χ0) is 20.3. The van der Waals surface area contributed by atoms with E-state index in [1.165, 1.54) is 4.68 Å². The number of carbonyl (C=O) groups excluding carboxylic acids is 1. The number of aryl methyl sites for hydroxylation is 2. The number of nitrogens with zero attached hydrogens (tertiary/aromatic N) is 5. The van der Waals surface area contributed by atoms with Crippen LogP contribution in [0.4, 0.5) is 11.4 Å². The van der Waals surface area contributed by atoms with E-state index in [2.05, 4.69) is 31.4 Å². The van der Waals surface area contributed by atoms with Crippen LogP contribution in [-0.4, -0.2) is 30.4 Å². The number of anilines is 1. The van der Waals surface area contributed by atoms with Crippen LogP contribution in [0.5, 0.6) is 0 Å². The summed E-state index contributed by atoms with van der Waals surface area (Å²) in [5.41, 5.74) is 2.48. The van der Waals surface area contributed by atoms with Gasteiger partial charge < -0.3 is 5.32 Å². The summed E-state index contributed by atoms with van der Waals surface area (Å²) in [5.74, 6) is -0.186. The summed E-state index contributed by atoms with van der Waals surface area (Å²) in [6.45, 7) is 4.08. The summed E-state index contributed by atoms with van der Waals surface area (Å²) in [7, 11) is 0. The number of rotatable bonds is 7. The maximum atomic E-state index is 12.3. The Labute approximate surface area is 169 Å². The molecule has 0 fully saturated rings. The minimum Gasteiger partial charge on any atom is -0.326 e. The molecule has 0 aliphatic rings. The topological polar surface area (TPSA) is 108 Å². The molecule has 0 aliphatic carbocycles. The second kappa shape index (κ2) is 8.34. The molecule has 146 valence electrons. The number of amides is 1. The molecule has 28 heavy (non-hydrogen) atoms. The van der Waals surface area contributed by atoms with E-state index in [1.807, 2.05) is 30.5 Å². The van der Waals surface area contributed by atoms with E-state index in [-0.39, 0.29) is 24.6 Å². The lowest BCUT2D eigenvalue weighted by atomic mass is 10.2. The molecule has 0 spiro atoms. The average Bonchev–Trinajstić information content (AvgIpc) is 3.15. The number of benzene rings is 1. The van der Waals surface area contributed by atoms with Gasteiger partial charge in [0, 0.05) is 18.3 Å². The number of halogens is 1. The number of hydrogen-bond donors (Lipinski definition) is 1. The molecule has 0 unspecified atom stereocenters. The summed E-state index contributed by atoms with van der Waals surface area (Å²) < 4.78 is 4.20. The van der Waals surface area contributed by atoms with E-state index in [0.29, 0.717) is 23.6 Å². The van der Waals surface area contributed by atoms with Gasteiger partial charge in [0.2, 0.25) is 5.91 Å². The number of nitro groups is 1. The van der Waals surface area contributed by atoms with Crippen molar-refractivity contribution in [1.82, 2.24) is 19.6 Å². The summed E-state index contributed by atoms with van der Waals surface area (Å²) in [6.07, 6.45) is 3.75. The van der Waals surface area contributed by atoms with Crippen molar-refractivity contribution < 1.29 is 9.72 Å². The second-order valence-corrected chi connectivity index (χ2v) is 7.27. The van der Waals surface area contributed by atoms with Crippen LogP contribution in [0, 0.1) is 24.0 Å². The first kappa shape index (κ1) is 19.7. The van der Waals surface area contributed by atoms with Gasteiger partial charge in [-0.2, -0.15) is 10.2 Å². The van der Waals surface area contributed by atoms with Gasteiger partial charge in [-0.1, -0.05) is 12.1 Å². The Balaban J connectivity index is 1.60. The first-order valence-corrected chi connectivity index (χ1v) is 9.38. The van der Waals surface area contributed by atoms with Crippen molar-refractivity contribution in [3.8, 4) is 0 Å². The molecule has 3 rings (SSSR count). The smallest absolute Gasteiger partial charge is 0.312 e. The van der Waals surface area contributed by atoms with Gasteiger partial charge in [0.05, 0.1) is 28.7 Å². The predicted octanol–water partition coefficient (Wildman–Crippen LogP) is 3.44. The summed E-state index contributed by atoms with van der Waals surface area (Å²) in [6, 6.07) is 7.53. The van der Waals surface area contributed by atoms with Gasteiger partial charge in [0.25, 0.3) is 0 Å². The number of hydrogen-bond acceptors (Lipinski definition) is 5. The third kappa shape index (κ3) is 4.63. The highest BCUT2D eigenvalue weighted by molar-refractivity contribution is 9.10. The Morgan fingerprint density at radius 1 is 1.36 bits per heavy atom. The Morgan fingerprint density at radius 3 is 2.79 bits per heavy atom. The molecule has 2 aromatic heterocycles. The van der Waals surface area contributed by atoms with Crippen LogP contribution in [0.1, 0.15) is 23.4 Å². The molecule has 9 nitrogen and oxygen atoms in total. The van der Waals surface area contributed by atoms with E-state index >= 15 is 0 Å². The molecular formula is C18H19BrN6O3. The second-order valence-electron chi connectivity index (χ2n) is 6.35. The third-order valence-electron chi connectivity index (χ3n) is 4.23. The number of aromatic nitrogens is 4. The normalized spacial score (nSPS) is 10.8. The van der Waals surface area contributed by atoms with Gasteiger partial charge in [0.1, 0.15) is 11.4 Å². The van der Waals surface area contributed by atoms with E-state index in [4.69, 9.17) is 0 Å². The minimum atomic E-state index is -0.447. The molecule has 2 heterocycles. The van der Waals surface area contributed by atoms with Crippen molar-refractivity contribution in [2.75, 3.05) is 5.32 Å². The number of nitrogens with one attached hydrogen (secondary N) is 1. The maximum absolute atomic E-state index is 12.3. The van der Waals surface area contributed by atoms with Crippen LogP contribution in [0.3, 0.4) is 0 Å². The summed E-state index contributed by atoms with van der Waals surface area (Å²) in [4.78, 5) is 22.9. The molecule has 0 aliphatic heterocycles. The van der Waals surface area contributed by atoms with Crippen molar-refractivity contribution in [3.63, 3.8) is 0 Å². The zero-order valence-corrected chi connectivity index (χ0v) is 17.0. The Morgan fingerprint density at radius 2 is 2.14 bits per heavy atom. The lowest BCUT2D eigenvalue weighted by Gasteiger charge is -2.08. The molecule has 1 aromatic carbocycles. The molecule has 0 saturated heterocycles. The van der Waals surface area contributed by atoms with Crippen LogP contribution in [-0.2, 0) is 17.9 Å². The summed E-state index contributed by atoms with van der Waals surface area (Å²) >= 11 is 3.36. The fourth-order valence-corrected chi connectivity index (χ4v) is 3.29. The van der Waals surface area contributed by atoms with Gasteiger partial charge in [-0.15, -0.1) is 0 Å². The van der Waals surface area contributed by atoms with Gasteiger partial charge in [0.15, 0.2) is 0 Å². The van der Waals surface area contributed by atoms with Crippen molar-refractivity contribution in [3.05, 3.63) is 68.2 Å². The monoisotopic (exact) mass is 446 g/mol. The fourth-order valence-electron chi connectivity index (χ4n) is 2.96. The predicted molar refractivity (Wildman–Crippen MR) is 107 cm³/mol. The number of carbonyl (C=O) groups is 1. The van der Waals surface area contributed by atoms with Gasteiger partial charge in [-0.3, -0.25) is 24.3 Å². The van der Waals surface area contributed by atoms with Crippen molar-refractivity contribution in [2.24, 2.45) is 0 Å². The lowest BCUT2D eigenvalue weighted by molar-refractivity contribution is -0.386. The first-order valence-electron chi connectivity index (χ1n) is 8.58. The third-order valence-corrected chi connectivity index (χ3v) is 4.64. The SMILES string of the molecule is Cc1nn(CCC(=O)Nc2cccc(Cn3cc(Br)cn3)c2)c(C)c1[N+](=O)[O-].